The van der Waals surface area contributed by atoms with Crippen LogP contribution in [0.2, 0.25) is 0 Å². The number of para-hydroxylation sites is 1. The Balaban J connectivity index is 1.68. The van der Waals surface area contributed by atoms with Crippen LogP contribution in [0.25, 0.3) is 17.0 Å². The van der Waals surface area contributed by atoms with Crippen molar-refractivity contribution in [2.45, 2.75) is 25.7 Å². The van der Waals surface area contributed by atoms with Crippen molar-refractivity contribution in [3.63, 3.8) is 0 Å². The number of imidazole rings is 1. The first-order valence-electron chi connectivity index (χ1n) is 10.4. The highest BCUT2D eigenvalue weighted by Gasteiger charge is 2.58. The third-order valence-electron chi connectivity index (χ3n) is 6.40. The molecule has 0 radical (unpaired) electrons. The molecule has 5 heterocycles. The maximum atomic E-state index is 14.0. The Bertz CT molecular complexity index is 1540. The molecule has 0 fully saturated rings. The Labute approximate surface area is 188 Å². The summed E-state index contributed by atoms with van der Waals surface area (Å²) in [4.78, 5) is 44.4. The highest BCUT2D eigenvalue weighted by atomic mass is 16.2. The van der Waals surface area contributed by atoms with Gasteiger partial charge in [0.05, 0.1) is 24.3 Å². The topological polar surface area (TPSA) is 122 Å². The van der Waals surface area contributed by atoms with Crippen LogP contribution in [0.3, 0.4) is 0 Å². The fourth-order valence-electron chi connectivity index (χ4n) is 5.19. The summed E-state index contributed by atoms with van der Waals surface area (Å²) in [5, 5.41) is 7.62. The predicted molar refractivity (Wildman–Crippen MR) is 120 cm³/mol. The van der Waals surface area contributed by atoms with E-state index in [0.717, 1.165) is 16.8 Å². The number of carbonyl (C=O) groups excluding carboxylic acids is 2. The first-order valence-corrected chi connectivity index (χ1v) is 10.4. The lowest BCUT2D eigenvalue weighted by atomic mass is 9.70. The van der Waals surface area contributed by atoms with Crippen molar-refractivity contribution >= 4 is 34.5 Å². The number of hydrogen-bond acceptors (Lipinski definition) is 6. The summed E-state index contributed by atoms with van der Waals surface area (Å²) in [6.07, 6.45) is 8.47. The van der Waals surface area contributed by atoms with Gasteiger partial charge in [0.15, 0.2) is 11.5 Å². The van der Waals surface area contributed by atoms with E-state index in [9.17, 15) is 9.59 Å². The first kappa shape index (κ1) is 19.2. The van der Waals surface area contributed by atoms with E-state index in [4.69, 9.17) is 11.5 Å². The zero-order valence-electron chi connectivity index (χ0n) is 17.9. The molecule has 0 unspecified atom stereocenters. The number of terminal acetylenes is 1. The molecule has 162 valence electrons. The van der Waals surface area contributed by atoms with Crippen LogP contribution < -0.4 is 10.2 Å². The molecule has 33 heavy (non-hydrogen) atoms. The lowest BCUT2D eigenvalue weighted by Crippen LogP contribution is -2.47. The van der Waals surface area contributed by atoms with E-state index in [0.29, 0.717) is 34.1 Å². The Morgan fingerprint density at radius 1 is 1.21 bits per heavy atom. The number of carbonyl (C=O) groups is 2. The number of anilines is 2. The van der Waals surface area contributed by atoms with Crippen LogP contribution in [0.5, 0.6) is 0 Å². The van der Waals surface area contributed by atoms with Crippen molar-refractivity contribution in [3.05, 3.63) is 53.2 Å². The Morgan fingerprint density at radius 2 is 2.06 bits per heavy atom. The molecular formula is C23H18N8O2. The molecule has 1 atom stereocenters. The average molecular weight is 438 g/mol. The van der Waals surface area contributed by atoms with Gasteiger partial charge in [-0.3, -0.25) is 14.5 Å². The summed E-state index contributed by atoms with van der Waals surface area (Å²) >= 11 is 0. The van der Waals surface area contributed by atoms with Gasteiger partial charge in [-0.15, -0.1) is 6.42 Å². The molecule has 4 aromatic rings. The quantitative estimate of drug-likeness (QED) is 0.460. The molecule has 0 aliphatic carbocycles. The number of nitrogens with one attached hydrogen (secondary N) is 2. The van der Waals surface area contributed by atoms with Gasteiger partial charge in [-0.05, 0) is 25.0 Å². The molecule has 1 spiro atoms. The predicted octanol–water partition coefficient (Wildman–Crippen LogP) is 1.76. The number of H-pyrrole nitrogens is 1. The zero-order chi connectivity index (χ0) is 22.9. The normalized spacial score (nSPS) is 19.0. The van der Waals surface area contributed by atoms with E-state index in [-0.39, 0.29) is 24.8 Å². The molecule has 2 aliphatic heterocycles. The maximum absolute atomic E-state index is 14.0. The van der Waals surface area contributed by atoms with Crippen molar-refractivity contribution < 1.29 is 9.59 Å². The highest BCUT2D eigenvalue weighted by Crippen LogP contribution is 2.54. The lowest BCUT2D eigenvalue weighted by Gasteiger charge is -2.33. The molecule has 6 rings (SSSR count). The molecule has 0 saturated heterocycles. The molecule has 10 nitrogen and oxygen atoms in total. The van der Waals surface area contributed by atoms with Gasteiger partial charge in [-0.2, -0.15) is 9.78 Å². The summed E-state index contributed by atoms with van der Waals surface area (Å²) in [5.41, 5.74) is 3.50. The number of aromatic amines is 1. The minimum absolute atomic E-state index is 0.0356. The molecule has 0 bridgehead atoms. The number of amides is 2. The first-order chi connectivity index (χ1) is 16.0. The Hall–Kier alpha value is -4.52. The van der Waals surface area contributed by atoms with E-state index in [1.807, 2.05) is 32.0 Å². The molecule has 0 saturated carbocycles. The van der Waals surface area contributed by atoms with Gasteiger partial charge in [-0.1, -0.05) is 24.1 Å². The van der Waals surface area contributed by atoms with E-state index in [1.54, 1.807) is 4.90 Å². The second-order valence-electron chi connectivity index (χ2n) is 8.22. The summed E-state index contributed by atoms with van der Waals surface area (Å²) < 4.78 is 1.54. The van der Waals surface area contributed by atoms with Gasteiger partial charge in [0.1, 0.15) is 23.1 Å². The van der Waals surface area contributed by atoms with E-state index < -0.39 is 5.41 Å². The van der Waals surface area contributed by atoms with E-state index in [1.165, 1.54) is 17.3 Å². The zero-order valence-corrected chi connectivity index (χ0v) is 17.9. The van der Waals surface area contributed by atoms with Gasteiger partial charge in [-0.25, -0.2) is 15.0 Å². The SMILES string of the molecule is C#CCN1C(=O)[C@]2(CC(=O)Nc3c2c(C)nn3-c2ncnc3nc[nH]c23)c2cccc(C)c21. The second-order valence-corrected chi connectivity index (χ2v) is 8.22. The fourth-order valence-corrected chi connectivity index (χ4v) is 5.19. The largest absolute Gasteiger partial charge is 0.340 e. The number of aryl methyl sites for hydroxylation is 2. The standard InChI is InChI=1S/C23H18N8O2/c1-4-8-30-18-12(2)6-5-7-14(18)23(22(30)33)9-15(32)28-20-16(23)13(3)29-31(20)21-17-19(25-10-24-17)26-11-27-21/h1,5-7,10-11H,8-9H2,2-3H3,(H,28,32)(H,24,25,26,27)/t23-/m1/s1. The molecule has 10 heteroatoms. The van der Waals surface area contributed by atoms with Gasteiger partial charge in [0.2, 0.25) is 11.8 Å². The smallest absolute Gasteiger partial charge is 0.243 e. The van der Waals surface area contributed by atoms with Crippen LogP contribution in [0.15, 0.2) is 30.9 Å². The van der Waals surface area contributed by atoms with Crippen LogP contribution in [0.4, 0.5) is 11.5 Å². The van der Waals surface area contributed by atoms with Crippen molar-refractivity contribution in [2.75, 3.05) is 16.8 Å². The molecule has 2 N–H and O–H groups in total. The number of hydrogen-bond donors (Lipinski definition) is 2. The molecule has 1 aromatic carbocycles. The fraction of sp³-hybridized carbons (Fsp3) is 0.217. The maximum Gasteiger partial charge on any atom is 0.243 e. The minimum Gasteiger partial charge on any atom is -0.340 e. The molecule has 2 aliphatic rings. The van der Waals surface area contributed by atoms with Crippen LogP contribution in [-0.2, 0) is 15.0 Å². The van der Waals surface area contributed by atoms with Crippen molar-refractivity contribution in [3.8, 4) is 18.2 Å². The third-order valence-corrected chi connectivity index (χ3v) is 6.40. The number of aromatic nitrogens is 6. The van der Waals surface area contributed by atoms with Gasteiger partial charge >= 0.3 is 0 Å². The van der Waals surface area contributed by atoms with Gasteiger partial charge < -0.3 is 10.3 Å². The third kappa shape index (κ3) is 2.33. The van der Waals surface area contributed by atoms with Gasteiger partial charge in [0.25, 0.3) is 0 Å². The molecule has 2 amide bonds. The van der Waals surface area contributed by atoms with E-state index in [2.05, 4.69) is 31.2 Å². The lowest BCUT2D eigenvalue weighted by molar-refractivity contribution is -0.126. The van der Waals surface area contributed by atoms with Crippen LogP contribution >= 0.6 is 0 Å². The molecule has 3 aromatic heterocycles. The van der Waals surface area contributed by atoms with Crippen molar-refractivity contribution in [2.24, 2.45) is 0 Å². The van der Waals surface area contributed by atoms with Crippen LogP contribution in [0, 0.1) is 26.2 Å². The summed E-state index contributed by atoms with van der Waals surface area (Å²) in [6, 6.07) is 5.73. The van der Waals surface area contributed by atoms with Crippen molar-refractivity contribution in [1.29, 1.82) is 0 Å². The summed E-state index contributed by atoms with van der Waals surface area (Å²) in [6.45, 7) is 3.88. The number of fused-ring (bicyclic) bond motifs is 5. The average Bonchev–Trinajstić information content (AvgIpc) is 3.46. The van der Waals surface area contributed by atoms with Gasteiger partial charge in [0, 0.05) is 12.0 Å². The van der Waals surface area contributed by atoms with E-state index >= 15 is 0 Å². The van der Waals surface area contributed by atoms with Crippen molar-refractivity contribution in [1.82, 2.24) is 29.7 Å². The number of rotatable bonds is 2. The van der Waals surface area contributed by atoms with Crippen LogP contribution in [-0.4, -0.2) is 48.1 Å². The number of nitrogens with zero attached hydrogens (tertiary/aromatic N) is 6. The Kier molecular flexibility index (Phi) is 3.77. The molecular weight excluding hydrogens is 420 g/mol. The highest BCUT2D eigenvalue weighted by molar-refractivity contribution is 6.16. The Morgan fingerprint density at radius 3 is 2.88 bits per heavy atom. The second kappa shape index (κ2) is 6.49. The number of benzene rings is 1. The summed E-state index contributed by atoms with van der Waals surface area (Å²) in [7, 11) is 0. The minimum atomic E-state index is -1.22. The monoisotopic (exact) mass is 438 g/mol. The summed E-state index contributed by atoms with van der Waals surface area (Å²) in [5.74, 6) is 2.90. The van der Waals surface area contributed by atoms with Crippen LogP contribution in [0.1, 0.15) is 28.8 Å².